The molecule has 0 N–H and O–H groups in total. The first kappa shape index (κ1) is 8.01. The normalized spacial score (nSPS) is 11.2. The lowest BCUT2D eigenvalue weighted by atomic mass is 10.1. The molecular weight excluding hydrogens is 188 g/mol. The molecule has 0 aliphatic carbocycles. The Balaban J connectivity index is 2.51. The molecule has 0 atom stereocenters. The lowest BCUT2D eigenvalue weighted by Crippen LogP contribution is -1.70. The highest BCUT2D eigenvalue weighted by molar-refractivity contribution is 7.19. The molecule has 0 saturated heterocycles. The molecule has 0 bridgehead atoms. The summed E-state index contributed by atoms with van der Waals surface area (Å²) in [5.74, 6) is 0. The van der Waals surface area contributed by atoms with E-state index in [0.717, 1.165) is 0 Å². The zero-order chi connectivity index (χ0) is 9.54. The summed E-state index contributed by atoms with van der Waals surface area (Å²) < 4.78 is 1.39. The second kappa shape index (κ2) is 2.82. The fourth-order valence-corrected chi connectivity index (χ4v) is 2.81. The number of fused-ring (bicyclic) bond motifs is 2. The summed E-state index contributed by atoms with van der Waals surface area (Å²) in [5.41, 5.74) is 0. The first-order valence-corrected chi connectivity index (χ1v) is 5.53. The molecule has 1 aromatic heterocycles. The first-order chi connectivity index (χ1) is 6.83. The molecular formula is C13H10S. The van der Waals surface area contributed by atoms with Crippen molar-refractivity contribution in [2.75, 3.05) is 0 Å². The molecule has 14 heavy (non-hydrogen) atoms. The molecule has 0 fully saturated rings. The van der Waals surface area contributed by atoms with Gasteiger partial charge in [0.05, 0.1) is 0 Å². The predicted octanol–water partition coefficient (Wildman–Crippen LogP) is 4.36. The Labute approximate surface area is 86.8 Å². The van der Waals surface area contributed by atoms with Gasteiger partial charge in [0.2, 0.25) is 0 Å². The van der Waals surface area contributed by atoms with Gasteiger partial charge in [-0.15, -0.1) is 11.3 Å². The molecule has 1 heteroatoms. The van der Waals surface area contributed by atoms with Gasteiger partial charge >= 0.3 is 0 Å². The molecule has 0 spiro atoms. The van der Waals surface area contributed by atoms with E-state index in [4.69, 9.17) is 0 Å². The third kappa shape index (κ3) is 1.13. The number of hydrogen-bond donors (Lipinski definition) is 0. The molecule has 1 heterocycles. The topological polar surface area (TPSA) is 0 Å². The van der Waals surface area contributed by atoms with Gasteiger partial charge in [-0.1, -0.05) is 24.3 Å². The van der Waals surface area contributed by atoms with Gasteiger partial charge in [0.15, 0.2) is 0 Å². The van der Waals surface area contributed by atoms with E-state index >= 15 is 0 Å². The van der Waals surface area contributed by atoms with Crippen LogP contribution < -0.4 is 0 Å². The molecule has 2 aromatic carbocycles. The van der Waals surface area contributed by atoms with Gasteiger partial charge in [0, 0.05) is 9.58 Å². The van der Waals surface area contributed by atoms with Crippen molar-refractivity contribution in [3.63, 3.8) is 0 Å². The number of rotatable bonds is 0. The molecule has 0 saturated carbocycles. The smallest absolute Gasteiger partial charge is 0.0351 e. The van der Waals surface area contributed by atoms with Gasteiger partial charge < -0.3 is 0 Å². The number of hydrogen-bond acceptors (Lipinski definition) is 1. The molecule has 0 amide bonds. The second-order valence-corrected chi connectivity index (χ2v) is 4.88. The number of thiophene rings is 1. The van der Waals surface area contributed by atoms with E-state index in [2.05, 4.69) is 49.4 Å². The van der Waals surface area contributed by atoms with Crippen LogP contribution in [0.4, 0.5) is 0 Å². The van der Waals surface area contributed by atoms with E-state index < -0.39 is 0 Å². The van der Waals surface area contributed by atoms with E-state index in [1.54, 1.807) is 0 Å². The second-order valence-electron chi connectivity index (χ2n) is 3.59. The third-order valence-corrected chi connectivity index (χ3v) is 3.52. The van der Waals surface area contributed by atoms with Crippen molar-refractivity contribution in [3.05, 3.63) is 47.3 Å². The average molecular weight is 198 g/mol. The van der Waals surface area contributed by atoms with E-state index in [0.29, 0.717) is 0 Å². The Hall–Kier alpha value is -1.34. The summed E-state index contributed by atoms with van der Waals surface area (Å²) in [6.45, 7) is 2.16. The number of benzene rings is 2. The van der Waals surface area contributed by atoms with Crippen molar-refractivity contribution in [1.82, 2.24) is 0 Å². The van der Waals surface area contributed by atoms with Gasteiger partial charge in [0.25, 0.3) is 0 Å². The first-order valence-electron chi connectivity index (χ1n) is 4.72. The molecule has 68 valence electrons. The predicted molar refractivity (Wildman–Crippen MR) is 64.1 cm³/mol. The minimum atomic E-state index is 1.33. The van der Waals surface area contributed by atoms with Gasteiger partial charge in [0.1, 0.15) is 0 Å². The Morgan fingerprint density at radius 2 is 1.57 bits per heavy atom. The molecule has 0 aliphatic heterocycles. The summed E-state index contributed by atoms with van der Waals surface area (Å²) in [4.78, 5) is 1.38. The van der Waals surface area contributed by atoms with Gasteiger partial charge in [-0.25, -0.2) is 0 Å². The SMILES string of the molecule is Cc1cc2cc3ccccc3cc2s1. The van der Waals surface area contributed by atoms with Crippen LogP contribution in [0.3, 0.4) is 0 Å². The highest BCUT2D eigenvalue weighted by atomic mass is 32.1. The Bertz CT molecular complexity index is 552. The van der Waals surface area contributed by atoms with E-state index in [1.165, 1.54) is 25.7 Å². The molecule has 3 aromatic rings. The summed E-state index contributed by atoms with van der Waals surface area (Å²) in [7, 11) is 0. The van der Waals surface area contributed by atoms with Gasteiger partial charge in [-0.2, -0.15) is 0 Å². The summed E-state index contributed by atoms with van der Waals surface area (Å²) in [6, 6.07) is 15.3. The van der Waals surface area contributed by atoms with Crippen LogP contribution in [-0.2, 0) is 0 Å². The maximum atomic E-state index is 2.28. The van der Waals surface area contributed by atoms with Crippen LogP contribution in [0.15, 0.2) is 42.5 Å². The Morgan fingerprint density at radius 3 is 2.36 bits per heavy atom. The Morgan fingerprint density at radius 1 is 0.857 bits per heavy atom. The van der Waals surface area contributed by atoms with Crippen LogP contribution in [0.25, 0.3) is 20.9 Å². The fourth-order valence-electron chi connectivity index (χ4n) is 1.86. The fraction of sp³-hybridized carbons (Fsp3) is 0.0769. The van der Waals surface area contributed by atoms with Crippen molar-refractivity contribution in [2.24, 2.45) is 0 Å². The molecule has 0 aliphatic rings. The van der Waals surface area contributed by atoms with Crippen molar-refractivity contribution in [3.8, 4) is 0 Å². The highest BCUT2D eigenvalue weighted by Crippen LogP contribution is 2.29. The van der Waals surface area contributed by atoms with Crippen LogP contribution in [0.5, 0.6) is 0 Å². The third-order valence-electron chi connectivity index (χ3n) is 2.51. The van der Waals surface area contributed by atoms with Crippen molar-refractivity contribution in [1.29, 1.82) is 0 Å². The maximum Gasteiger partial charge on any atom is 0.0351 e. The molecule has 3 rings (SSSR count). The van der Waals surface area contributed by atoms with Crippen LogP contribution in [-0.4, -0.2) is 0 Å². The van der Waals surface area contributed by atoms with E-state index in [1.807, 2.05) is 11.3 Å². The maximum absolute atomic E-state index is 2.28. The molecule has 0 radical (unpaired) electrons. The molecule has 0 unspecified atom stereocenters. The average Bonchev–Trinajstić information content (AvgIpc) is 2.53. The van der Waals surface area contributed by atoms with Crippen LogP contribution in [0.1, 0.15) is 4.88 Å². The largest absolute Gasteiger partial charge is 0.141 e. The lowest BCUT2D eigenvalue weighted by molar-refractivity contribution is 1.66. The standard InChI is InChI=1S/C13H10S/c1-9-6-12-7-10-4-2-3-5-11(10)8-13(12)14-9/h2-8H,1H3. The van der Waals surface area contributed by atoms with Gasteiger partial charge in [-0.3, -0.25) is 0 Å². The monoisotopic (exact) mass is 198 g/mol. The van der Waals surface area contributed by atoms with E-state index in [-0.39, 0.29) is 0 Å². The van der Waals surface area contributed by atoms with E-state index in [9.17, 15) is 0 Å². The minimum Gasteiger partial charge on any atom is -0.141 e. The number of aryl methyl sites for hydroxylation is 1. The van der Waals surface area contributed by atoms with Crippen molar-refractivity contribution < 1.29 is 0 Å². The van der Waals surface area contributed by atoms with Crippen molar-refractivity contribution >= 4 is 32.2 Å². The molecule has 0 nitrogen and oxygen atoms in total. The highest BCUT2D eigenvalue weighted by Gasteiger charge is 2.00. The van der Waals surface area contributed by atoms with Crippen LogP contribution >= 0.6 is 11.3 Å². The van der Waals surface area contributed by atoms with Crippen LogP contribution in [0, 0.1) is 6.92 Å². The summed E-state index contributed by atoms with van der Waals surface area (Å²) >= 11 is 1.87. The lowest BCUT2D eigenvalue weighted by Gasteiger charge is -1.96. The van der Waals surface area contributed by atoms with Crippen LogP contribution in [0.2, 0.25) is 0 Å². The zero-order valence-corrected chi connectivity index (χ0v) is 8.77. The van der Waals surface area contributed by atoms with Gasteiger partial charge in [-0.05, 0) is 41.3 Å². The summed E-state index contributed by atoms with van der Waals surface area (Å²) in [6.07, 6.45) is 0. The minimum absolute atomic E-state index is 1.33. The zero-order valence-electron chi connectivity index (χ0n) is 7.95. The van der Waals surface area contributed by atoms with Crippen molar-refractivity contribution in [2.45, 2.75) is 6.92 Å². The Kier molecular flexibility index (Phi) is 1.62. The quantitative estimate of drug-likeness (QED) is 0.503. The summed E-state index contributed by atoms with van der Waals surface area (Å²) in [5, 5.41) is 4.03.